The summed E-state index contributed by atoms with van der Waals surface area (Å²) in [5, 5.41) is 2.68. The van der Waals surface area contributed by atoms with E-state index < -0.39 is 18.0 Å². The van der Waals surface area contributed by atoms with Crippen LogP contribution in [-0.4, -0.2) is 32.9 Å². The number of anilines is 1. The van der Waals surface area contributed by atoms with Gasteiger partial charge in [-0.1, -0.05) is 43.3 Å². The number of amides is 1. The van der Waals surface area contributed by atoms with Crippen LogP contribution in [0.1, 0.15) is 29.3 Å². The fourth-order valence-corrected chi connectivity index (χ4v) is 3.14. The molecule has 1 atom stereocenters. The molecule has 0 aliphatic carbocycles. The Hall–Kier alpha value is -4.00. The minimum atomic E-state index is -0.923. The number of fused-ring (bicyclic) bond motifs is 1. The van der Waals surface area contributed by atoms with Gasteiger partial charge in [0.05, 0.1) is 16.6 Å². The number of H-pyrrole nitrogens is 1. The van der Waals surface area contributed by atoms with Crippen LogP contribution in [0.5, 0.6) is 0 Å². The summed E-state index contributed by atoms with van der Waals surface area (Å²) < 4.78 is 5.47. The van der Waals surface area contributed by atoms with E-state index >= 15 is 0 Å². The maximum absolute atomic E-state index is 12.7. The number of aromatic amines is 1. The summed E-state index contributed by atoms with van der Waals surface area (Å²) in [6.07, 6.45) is 1.08. The number of ether oxygens (including phenoxy) is 1. The number of aromatic nitrogens is 3. The smallest absolute Gasteiger partial charge is 0.338 e. The summed E-state index contributed by atoms with van der Waals surface area (Å²) in [6, 6.07) is 18.4. The fraction of sp³-hybridized carbons (Fsp3) is 0.167. The molecule has 4 rings (SSSR count). The van der Waals surface area contributed by atoms with Gasteiger partial charge in [-0.25, -0.2) is 14.8 Å². The Morgan fingerprint density at radius 2 is 1.90 bits per heavy atom. The van der Waals surface area contributed by atoms with Crippen molar-refractivity contribution in [1.82, 2.24) is 15.0 Å². The zero-order valence-corrected chi connectivity index (χ0v) is 17.3. The number of hydrogen-bond donors (Lipinski definition) is 2. The SMILES string of the molecule is CCC(OC(=O)c1ccc2nc(-c3ccccc3)[nH]c2c1)C(=O)Nc1ccc(C)cn1. The van der Waals surface area contributed by atoms with Crippen LogP contribution >= 0.6 is 0 Å². The van der Waals surface area contributed by atoms with Crippen molar-refractivity contribution < 1.29 is 14.3 Å². The molecule has 0 spiro atoms. The largest absolute Gasteiger partial charge is 0.449 e. The molecule has 2 aromatic carbocycles. The van der Waals surface area contributed by atoms with Gasteiger partial charge in [0.1, 0.15) is 11.6 Å². The average molecular weight is 414 g/mol. The zero-order chi connectivity index (χ0) is 21.8. The van der Waals surface area contributed by atoms with E-state index in [1.165, 1.54) is 0 Å². The molecule has 2 heterocycles. The number of esters is 1. The molecule has 2 N–H and O–H groups in total. The Bertz CT molecular complexity index is 1220. The molecule has 1 amide bonds. The van der Waals surface area contributed by atoms with E-state index in [4.69, 9.17) is 4.74 Å². The molecule has 0 fully saturated rings. The van der Waals surface area contributed by atoms with Crippen molar-refractivity contribution in [2.45, 2.75) is 26.4 Å². The highest BCUT2D eigenvalue weighted by molar-refractivity contribution is 5.98. The van der Waals surface area contributed by atoms with Gasteiger partial charge < -0.3 is 15.0 Å². The summed E-state index contributed by atoms with van der Waals surface area (Å²) in [4.78, 5) is 37.1. The molecule has 0 bridgehead atoms. The molecule has 2 aromatic heterocycles. The topological polar surface area (TPSA) is 97.0 Å². The third-order valence-corrected chi connectivity index (χ3v) is 4.84. The molecule has 7 heteroatoms. The number of hydrogen-bond acceptors (Lipinski definition) is 5. The van der Waals surface area contributed by atoms with Crippen molar-refractivity contribution >= 4 is 28.7 Å². The minimum Gasteiger partial charge on any atom is -0.449 e. The first-order chi connectivity index (χ1) is 15.0. The van der Waals surface area contributed by atoms with E-state index in [0.717, 1.165) is 28.0 Å². The molecule has 0 saturated carbocycles. The molecular weight excluding hydrogens is 392 g/mol. The lowest BCUT2D eigenvalue weighted by molar-refractivity contribution is -0.124. The van der Waals surface area contributed by atoms with Crippen LogP contribution in [-0.2, 0) is 9.53 Å². The van der Waals surface area contributed by atoms with Gasteiger partial charge in [-0.05, 0) is 43.2 Å². The second-order valence-electron chi connectivity index (χ2n) is 7.20. The third kappa shape index (κ3) is 4.61. The second-order valence-corrected chi connectivity index (χ2v) is 7.20. The first-order valence-corrected chi connectivity index (χ1v) is 10.0. The molecule has 0 aliphatic heterocycles. The Morgan fingerprint density at radius 1 is 1.10 bits per heavy atom. The van der Waals surface area contributed by atoms with Gasteiger partial charge in [-0.15, -0.1) is 0 Å². The number of nitrogens with zero attached hydrogens (tertiary/aromatic N) is 2. The lowest BCUT2D eigenvalue weighted by Gasteiger charge is -2.15. The van der Waals surface area contributed by atoms with Crippen molar-refractivity contribution in [2.24, 2.45) is 0 Å². The molecule has 4 aromatic rings. The van der Waals surface area contributed by atoms with Crippen LogP contribution in [0.4, 0.5) is 5.82 Å². The van der Waals surface area contributed by atoms with E-state index in [2.05, 4.69) is 20.3 Å². The molecule has 1 unspecified atom stereocenters. The molecule has 31 heavy (non-hydrogen) atoms. The van der Waals surface area contributed by atoms with E-state index in [0.29, 0.717) is 17.8 Å². The first kappa shape index (κ1) is 20.3. The predicted octanol–water partition coefficient (Wildman–Crippen LogP) is 4.51. The van der Waals surface area contributed by atoms with E-state index in [9.17, 15) is 9.59 Å². The fourth-order valence-electron chi connectivity index (χ4n) is 3.14. The van der Waals surface area contributed by atoms with Gasteiger partial charge >= 0.3 is 5.97 Å². The number of carbonyl (C=O) groups is 2. The van der Waals surface area contributed by atoms with Gasteiger partial charge in [0, 0.05) is 11.8 Å². The maximum atomic E-state index is 12.7. The average Bonchev–Trinajstić information content (AvgIpc) is 3.23. The number of imidazole rings is 1. The van der Waals surface area contributed by atoms with Gasteiger partial charge in [0.2, 0.25) is 0 Å². The predicted molar refractivity (Wildman–Crippen MR) is 119 cm³/mol. The lowest BCUT2D eigenvalue weighted by atomic mass is 10.2. The molecule has 0 radical (unpaired) electrons. The van der Waals surface area contributed by atoms with Gasteiger partial charge in [-0.2, -0.15) is 0 Å². The number of carbonyl (C=O) groups excluding carboxylic acids is 2. The van der Waals surface area contributed by atoms with Crippen molar-refractivity contribution in [3.05, 3.63) is 78.0 Å². The van der Waals surface area contributed by atoms with Gasteiger partial charge in [0.25, 0.3) is 5.91 Å². The Morgan fingerprint density at radius 3 is 2.61 bits per heavy atom. The summed E-state index contributed by atoms with van der Waals surface area (Å²) in [6.45, 7) is 3.69. The third-order valence-electron chi connectivity index (χ3n) is 4.84. The van der Waals surface area contributed by atoms with E-state index in [1.54, 1.807) is 37.4 Å². The van der Waals surface area contributed by atoms with Crippen LogP contribution in [0, 0.1) is 6.92 Å². The highest BCUT2D eigenvalue weighted by Gasteiger charge is 2.23. The summed E-state index contributed by atoms with van der Waals surface area (Å²) in [5.41, 5.74) is 3.74. The molecule has 156 valence electrons. The van der Waals surface area contributed by atoms with Crippen molar-refractivity contribution in [3.63, 3.8) is 0 Å². The number of rotatable bonds is 6. The van der Waals surface area contributed by atoms with Crippen LogP contribution in [0.15, 0.2) is 66.9 Å². The van der Waals surface area contributed by atoms with E-state index in [1.807, 2.05) is 43.3 Å². The first-order valence-electron chi connectivity index (χ1n) is 10.0. The van der Waals surface area contributed by atoms with Crippen molar-refractivity contribution in [1.29, 1.82) is 0 Å². The molecule has 7 nitrogen and oxygen atoms in total. The van der Waals surface area contributed by atoms with Crippen LogP contribution in [0.2, 0.25) is 0 Å². The number of aryl methyl sites for hydroxylation is 1. The highest BCUT2D eigenvalue weighted by Crippen LogP contribution is 2.22. The van der Waals surface area contributed by atoms with Gasteiger partial charge in [0.15, 0.2) is 6.10 Å². The second kappa shape index (κ2) is 8.79. The van der Waals surface area contributed by atoms with Crippen LogP contribution in [0.3, 0.4) is 0 Å². The molecule has 0 aliphatic rings. The maximum Gasteiger partial charge on any atom is 0.338 e. The number of nitrogens with one attached hydrogen (secondary N) is 2. The highest BCUT2D eigenvalue weighted by atomic mass is 16.5. The lowest BCUT2D eigenvalue weighted by Crippen LogP contribution is -2.32. The summed E-state index contributed by atoms with van der Waals surface area (Å²) in [5.74, 6) is 0.146. The number of benzene rings is 2. The minimum absolute atomic E-state index is 0.341. The summed E-state index contributed by atoms with van der Waals surface area (Å²) in [7, 11) is 0. The normalized spacial score (nSPS) is 11.8. The Kier molecular flexibility index (Phi) is 5.75. The molecular formula is C24H22N4O3. The quantitative estimate of drug-likeness (QED) is 0.453. The van der Waals surface area contributed by atoms with Crippen LogP contribution < -0.4 is 5.32 Å². The Balaban J connectivity index is 1.48. The zero-order valence-electron chi connectivity index (χ0n) is 17.3. The van der Waals surface area contributed by atoms with Crippen molar-refractivity contribution in [3.8, 4) is 11.4 Å². The van der Waals surface area contributed by atoms with E-state index in [-0.39, 0.29) is 0 Å². The monoisotopic (exact) mass is 414 g/mol. The van der Waals surface area contributed by atoms with Gasteiger partial charge in [-0.3, -0.25) is 4.79 Å². The number of pyridine rings is 1. The Labute approximate surface area is 179 Å². The summed E-state index contributed by atoms with van der Waals surface area (Å²) >= 11 is 0. The molecule has 0 saturated heterocycles. The van der Waals surface area contributed by atoms with Crippen molar-refractivity contribution in [2.75, 3.05) is 5.32 Å². The standard InChI is InChI=1S/C24H22N4O3/c1-3-20(23(29)28-21-12-9-15(2)14-25-21)31-24(30)17-10-11-18-19(13-17)27-22(26-18)16-7-5-4-6-8-16/h4-14,20H,3H2,1-2H3,(H,26,27)(H,25,28,29). The van der Waals surface area contributed by atoms with Crippen LogP contribution in [0.25, 0.3) is 22.4 Å².